The summed E-state index contributed by atoms with van der Waals surface area (Å²) in [5.41, 5.74) is -0.686. The van der Waals surface area contributed by atoms with E-state index in [9.17, 15) is 39.7 Å². The third kappa shape index (κ3) is 11.0. The number of hydrogen-bond acceptors (Lipinski definition) is 12. The van der Waals surface area contributed by atoms with Crippen LogP contribution in [0.4, 0.5) is 11.4 Å². The number of likely N-dealkylation sites (tertiary alicyclic amines) is 2. The van der Waals surface area contributed by atoms with Gasteiger partial charge in [-0.15, -0.1) is 0 Å². The Morgan fingerprint density at radius 3 is 1.63 bits per heavy atom. The lowest BCUT2D eigenvalue weighted by Crippen LogP contribution is -2.47. The highest BCUT2D eigenvalue weighted by atomic mass is 16.6. The molecule has 0 radical (unpaired) electrons. The molecule has 298 valence electrons. The monoisotopic (exact) mass is 758 g/mol. The first-order valence-corrected chi connectivity index (χ1v) is 18.6. The topological polar surface area (TPSA) is 201 Å². The quantitative estimate of drug-likeness (QED) is 0.110. The van der Waals surface area contributed by atoms with E-state index in [4.69, 9.17) is 18.9 Å². The predicted octanol–water partition coefficient (Wildman–Crippen LogP) is 6.52. The van der Waals surface area contributed by atoms with Crippen LogP contribution in [0, 0.1) is 20.2 Å². The molecule has 0 saturated carbocycles. The molecule has 2 aromatic carbocycles. The van der Waals surface area contributed by atoms with Crippen molar-refractivity contribution < 1.29 is 48.3 Å². The molecule has 0 aliphatic carbocycles. The van der Waals surface area contributed by atoms with E-state index in [0.717, 1.165) is 25.7 Å². The number of aliphatic hydroxyl groups excluding tert-OH is 1. The van der Waals surface area contributed by atoms with Gasteiger partial charge in [-0.25, -0.2) is 0 Å². The van der Waals surface area contributed by atoms with Gasteiger partial charge in [0.05, 0.1) is 55.5 Å². The smallest absolute Gasteiger partial charge is 0.286 e. The second kappa shape index (κ2) is 21.0. The van der Waals surface area contributed by atoms with Crippen LogP contribution in [0.2, 0.25) is 0 Å². The standard InChI is InChI=1S/C19H28N2O6.C19H26N2O6/c2*1-4-6-9-27-18-12-16(21(24)25)15(11-17(18)26-3)19(23)20-8-7-14(22)10-13(20)5-2/h11-14,22H,4-10H2,1-3H3;11-13H,4-10H2,1-3H3/t13-,14+;13-/m11/s1. The number of carbonyl (C=O) groups excluding carboxylic acids is 3. The summed E-state index contributed by atoms with van der Waals surface area (Å²) in [5.74, 6) is 0.313. The zero-order chi connectivity index (χ0) is 39.9. The van der Waals surface area contributed by atoms with Crippen LogP contribution in [-0.2, 0) is 4.79 Å². The van der Waals surface area contributed by atoms with Crippen molar-refractivity contribution in [1.82, 2.24) is 9.80 Å². The average Bonchev–Trinajstić information content (AvgIpc) is 3.17. The highest BCUT2D eigenvalue weighted by Gasteiger charge is 2.36. The van der Waals surface area contributed by atoms with E-state index < -0.39 is 27.8 Å². The highest BCUT2D eigenvalue weighted by Crippen LogP contribution is 2.38. The van der Waals surface area contributed by atoms with E-state index in [1.807, 2.05) is 27.7 Å². The second-order valence-corrected chi connectivity index (χ2v) is 13.3. The van der Waals surface area contributed by atoms with Gasteiger partial charge in [0.1, 0.15) is 16.9 Å². The average molecular weight is 759 g/mol. The number of amides is 2. The number of benzene rings is 2. The predicted molar refractivity (Wildman–Crippen MR) is 200 cm³/mol. The SMILES string of the molecule is CCCCOc1cc([N+](=O)[O-])c(C(=O)N2CCC(=O)C[C@H]2CC)cc1OC.CCCCOc1cc([N+](=O)[O-])c(C(=O)N2CC[C@H](O)C[C@H]2CC)cc1OC. The Hall–Kier alpha value is -4.99. The Bertz CT molecular complexity index is 1630. The number of ketones is 1. The molecule has 0 unspecified atom stereocenters. The van der Waals surface area contributed by atoms with Crippen molar-refractivity contribution in [3.05, 3.63) is 55.6 Å². The number of aliphatic hydroxyl groups is 1. The van der Waals surface area contributed by atoms with Crippen LogP contribution >= 0.6 is 0 Å². The van der Waals surface area contributed by atoms with Crippen LogP contribution in [0.5, 0.6) is 23.0 Å². The molecule has 16 nitrogen and oxygen atoms in total. The first-order chi connectivity index (χ1) is 25.8. The first-order valence-electron chi connectivity index (χ1n) is 18.6. The molecule has 4 rings (SSSR count). The van der Waals surface area contributed by atoms with Crippen molar-refractivity contribution in [2.45, 2.75) is 110 Å². The van der Waals surface area contributed by atoms with Crippen LogP contribution in [0.1, 0.15) is 113 Å². The molecule has 2 aromatic rings. The summed E-state index contributed by atoms with van der Waals surface area (Å²) in [6.07, 6.45) is 5.80. The summed E-state index contributed by atoms with van der Waals surface area (Å²) in [6.45, 7) is 9.31. The fourth-order valence-electron chi connectivity index (χ4n) is 6.47. The molecule has 1 N–H and O–H groups in total. The summed E-state index contributed by atoms with van der Waals surface area (Å²) in [4.78, 5) is 63.0. The normalized spacial score (nSPS) is 18.3. The molecule has 0 spiro atoms. The summed E-state index contributed by atoms with van der Waals surface area (Å²) in [6, 6.07) is 4.88. The van der Waals surface area contributed by atoms with Gasteiger partial charge in [-0.05, 0) is 38.5 Å². The number of nitro groups is 2. The minimum absolute atomic E-state index is 0.0190. The fraction of sp³-hybridized carbons (Fsp3) is 0.605. The van der Waals surface area contributed by atoms with Gasteiger partial charge >= 0.3 is 0 Å². The van der Waals surface area contributed by atoms with E-state index in [1.165, 1.54) is 38.5 Å². The minimum atomic E-state index is -0.588. The number of ether oxygens (including phenoxy) is 4. The molecule has 54 heavy (non-hydrogen) atoms. The van der Waals surface area contributed by atoms with E-state index in [0.29, 0.717) is 51.2 Å². The van der Waals surface area contributed by atoms with Gasteiger partial charge in [0.25, 0.3) is 23.2 Å². The van der Waals surface area contributed by atoms with Gasteiger partial charge in [0.15, 0.2) is 23.0 Å². The zero-order valence-corrected chi connectivity index (χ0v) is 32.2. The lowest BCUT2D eigenvalue weighted by atomic mass is 9.96. The highest BCUT2D eigenvalue weighted by molar-refractivity contribution is 6.00. The van der Waals surface area contributed by atoms with Gasteiger partial charge < -0.3 is 33.9 Å². The van der Waals surface area contributed by atoms with Gasteiger partial charge in [-0.2, -0.15) is 0 Å². The van der Waals surface area contributed by atoms with Gasteiger partial charge in [-0.3, -0.25) is 34.6 Å². The number of nitro benzene ring substituents is 2. The zero-order valence-electron chi connectivity index (χ0n) is 32.2. The minimum Gasteiger partial charge on any atom is -0.493 e. The van der Waals surface area contributed by atoms with Crippen LogP contribution in [0.25, 0.3) is 0 Å². The summed E-state index contributed by atoms with van der Waals surface area (Å²) in [7, 11) is 2.87. The van der Waals surface area contributed by atoms with Crippen LogP contribution in [0.15, 0.2) is 24.3 Å². The molecule has 2 fully saturated rings. The number of Topliss-reactive ketones (excluding diaryl/α,β-unsaturated/α-hetero) is 1. The van der Waals surface area contributed by atoms with Crippen molar-refractivity contribution in [3.8, 4) is 23.0 Å². The molecular formula is C38H54N4O12. The molecule has 0 aromatic heterocycles. The Morgan fingerprint density at radius 2 is 1.22 bits per heavy atom. The Kier molecular flexibility index (Phi) is 16.9. The number of piperidine rings is 2. The molecule has 2 aliphatic rings. The summed E-state index contributed by atoms with van der Waals surface area (Å²) in [5, 5.41) is 33.0. The number of hydrogen-bond donors (Lipinski definition) is 1. The third-order valence-electron chi connectivity index (χ3n) is 9.62. The van der Waals surface area contributed by atoms with Crippen molar-refractivity contribution in [3.63, 3.8) is 0 Å². The molecule has 2 amide bonds. The maximum atomic E-state index is 13.1. The van der Waals surface area contributed by atoms with Crippen LogP contribution < -0.4 is 18.9 Å². The molecule has 3 atom stereocenters. The number of nitrogens with zero attached hydrogens (tertiary/aromatic N) is 4. The number of carbonyl (C=O) groups is 3. The number of methoxy groups -OCH3 is 2. The number of unbranched alkanes of at least 4 members (excludes halogenated alkanes) is 2. The van der Waals surface area contributed by atoms with Crippen LogP contribution in [0.3, 0.4) is 0 Å². The molecule has 2 aliphatic heterocycles. The van der Waals surface area contributed by atoms with E-state index in [2.05, 4.69) is 0 Å². The van der Waals surface area contributed by atoms with Gasteiger partial charge in [0.2, 0.25) is 0 Å². The molecule has 0 bridgehead atoms. The fourth-order valence-corrected chi connectivity index (χ4v) is 6.47. The third-order valence-corrected chi connectivity index (χ3v) is 9.62. The summed E-state index contributed by atoms with van der Waals surface area (Å²) >= 11 is 0. The largest absolute Gasteiger partial charge is 0.493 e. The maximum absolute atomic E-state index is 13.1. The van der Waals surface area contributed by atoms with Gasteiger partial charge in [0, 0.05) is 50.1 Å². The lowest BCUT2D eigenvalue weighted by molar-refractivity contribution is -0.385. The molecule has 2 heterocycles. The second-order valence-electron chi connectivity index (χ2n) is 13.3. The Balaban J connectivity index is 0.000000290. The summed E-state index contributed by atoms with van der Waals surface area (Å²) < 4.78 is 21.8. The van der Waals surface area contributed by atoms with Crippen molar-refractivity contribution in [2.75, 3.05) is 40.5 Å². The molecule has 16 heteroatoms. The molecular weight excluding hydrogens is 704 g/mol. The maximum Gasteiger partial charge on any atom is 0.286 e. The van der Waals surface area contributed by atoms with E-state index >= 15 is 0 Å². The Labute approximate surface area is 316 Å². The van der Waals surface area contributed by atoms with E-state index in [-0.39, 0.29) is 77.0 Å². The van der Waals surface area contributed by atoms with Gasteiger partial charge in [-0.1, -0.05) is 40.5 Å². The van der Waals surface area contributed by atoms with Crippen molar-refractivity contribution in [2.24, 2.45) is 0 Å². The molecule has 2 saturated heterocycles. The number of rotatable bonds is 16. The van der Waals surface area contributed by atoms with Crippen molar-refractivity contribution in [1.29, 1.82) is 0 Å². The first kappa shape index (κ1) is 43.4. The lowest BCUT2D eigenvalue weighted by Gasteiger charge is -2.37. The van der Waals surface area contributed by atoms with E-state index in [1.54, 1.807) is 9.80 Å². The van der Waals surface area contributed by atoms with Crippen molar-refractivity contribution >= 4 is 29.0 Å². The Morgan fingerprint density at radius 1 is 0.759 bits per heavy atom. The van der Waals surface area contributed by atoms with Crippen LogP contribution in [-0.4, -0.2) is 101 Å².